The molecule has 0 aliphatic carbocycles. The van der Waals surface area contributed by atoms with Gasteiger partial charge in [-0.2, -0.15) is 5.26 Å². The highest BCUT2D eigenvalue weighted by Gasteiger charge is 2.06. The van der Waals surface area contributed by atoms with Crippen LogP contribution < -0.4 is 10.1 Å². The standard InChI is InChI=1S/C17H19N3O/c1-3-19-11-16-17(9-4-13(2)20-16)21-12-15-7-5-14(10-18)6-8-15/h4-9,19H,3,11-12H2,1-2H3. The first-order valence-electron chi connectivity index (χ1n) is 7.02. The van der Waals surface area contributed by atoms with Crippen molar-refractivity contribution in [3.8, 4) is 11.8 Å². The molecule has 0 saturated heterocycles. The lowest BCUT2D eigenvalue weighted by atomic mass is 10.1. The van der Waals surface area contributed by atoms with Gasteiger partial charge in [0, 0.05) is 12.2 Å². The molecule has 4 nitrogen and oxygen atoms in total. The number of hydrogen-bond acceptors (Lipinski definition) is 4. The molecule has 0 saturated carbocycles. The summed E-state index contributed by atoms with van der Waals surface area (Å²) in [5.74, 6) is 0.797. The minimum atomic E-state index is 0.468. The summed E-state index contributed by atoms with van der Waals surface area (Å²) in [5, 5.41) is 12.1. The van der Waals surface area contributed by atoms with Crippen LogP contribution in [0.4, 0.5) is 0 Å². The van der Waals surface area contributed by atoms with Crippen LogP contribution in [0.1, 0.15) is 29.4 Å². The molecule has 21 heavy (non-hydrogen) atoms. The molecule has 0 bridgehead atoms. The second-order valence-corrected chi connectivity index (χ2v) is 4.78. The monoisotopic (exact) mass is 281 g/mol. The van der Waals surface area contributed by atoms with E-state index in [4.69, 9.17) is 10.00 Å². The van der Waals surface area contributed by atoms with Crippen LogP contribution in [0.3, 0.4) is 0 Å². The molecule has 2 rings (SSSR count). The predicted molar refractivity (Wildman–Crippen MR) is 81.8 cm³/mol. The molecule has 0 spiro atoms. The van der Waals surface area contributed by atoms with Gasteiger partial charge in [-0.25, -0.2) is 0 Å². The van der Waals surface area contributed by atoms with Crippen LogP contribution in [0.25, 0.3) is 0 Å². The Morgan fingerprint density at radius 2 is 1.95 bits per heavy atom. The Hall–Kier alpha value is -2.38. The molecule has 4 heteroatoms. The van der Waals surface area contributed by atoms with E-state index in [0.717, 1.165) is 29.2 Å². The number of nitrogens with one attached hydrogen (secondary N) is 1. The normalized spacial score (nSPS) is 10.1. The zero-order valence-corrected chi connectivity index (χ0v) is 12.4. The van der Waals surface area contributed by atoms with Crippen LogP contribution in [0.5, 0.6) is 5.75 Å². The number of aromatic nitrogens is 1. The van der Waals surface area contributed by atoms with E-state index in [1.165, 1.54) is 0 Å². The maximum absolute atomic E-state index is 8.78. The molecule has 0 radical (unpaired) electrons. The second kappa shape index (κ2) is 7.41. The highest BCUT2D eigenvalue weighted by Crippen LogP contribution is 2.18. The molecule has 1 aromatic carbocycles. The van der Waals surface area contributed by atoms with Gasteiger partial charge in [-0.3, -0.25) is 4.98 Å². The van der Waals surface area contributed by atoms with Gasteiger partial charge in [0.05, 0.1) is 17.3 Å². The topological polar surface area (TPSA) is 57.9 Å². The Balaban J connectivity index is 2.06. The molecule has 0 unspecified atom stereocenters. The number of ether oxygens (including phenoxy) is 1. The Morgan fingerprint density at radius 1 is 1.19 bits per heavy atom. The van der Waals surface area contributed by atoms with E-state index >= 15 is 0 Å². The van der Waals surface area contributed by atoms with Crippen molar-refractivity contribution in [2.75, 3.05) is 6.54 Å². The molecule has 0 aliphatic rings. The first kappa shape index (κ1) is 15.0. The fraction of sp³-hybridized carbons (Fsp3) is 0.294. The first-order chi connectivity index (χ1) is 10.2. The fourth-order valence-corrected chi connectivity index (χ4v) is 1.94. The maximum atomic E-state index is 8.78. The Kier molecular flexibility index (Phi) is 5.30. The predicted octanol–water partition coefficient (Wildman–Crippen LogP) is 2.95. The van der Waals surface area contributed by atoms with Gasteiger partial charge in [-0.15, -0.1) is 0 Å². The molecular weight excluding hydrogens is 262 g/mol. The van der Waals surface area contributed by atoms with Crippen LogP contribution in [-0.4, -0.2) is 11.5 Å². The summed E-state index contributed by atoms with van der Waals surface area (Å²) in [6, 6.07) is 13.4. The third-order valence-corrected chi connectivity index (χ3v) is 3.09. The Bertz CT molecular complexity index is 629. The van der Waals surface area contributed by atoms with E-state index in [1.54, 1.807) is 12.1 Å². The van der Waals surface area contributed by atoms with E-state index < -0.39 is 0 Å². The molecule has 0 amide bonds. The Labute approximate surface area is 125 Å². The molecule has 0 atom stereocenters. The quantitative estimate of drug-likeness (QED) is 0.884. The number of aryl methyl sites for hydroxylation is 1. The summed E-state index contributed by atoms with van der Waals surface area (Å²) in [4.78, 5) is 4.52. The van der Waals surface area contributed by atoms with Crippen molar-refractivity contribution in [3.05, 3.63) is 58.9 Å². The SMILES string of the molecule is CCNCc1nc(C)ccc1OCc1ccc(C#N)cc1. The van der Waals surface area contributed by atoms with Crippen LogP contribution in [0.15, 0.2) is 36.4 Å². The number of benzene rings is 1. The minimum Gasteiger partial charge on any atom is -0.487 e. The summed E-state index contributed by atoms with van der Waals surface area (Å²) >= 11 is 0. The third-order valence-electron chi connectivity index (χ3n) is 3.09. The lowest BCUT2D eigenvalue weighted by Gasteiger charge is -2.12. The highest BCUT2D eigenvalue weighted by molar-refractivity contribution is 5.32. The van der Waals surface area contributed by atoms with E-state index in [2.05, 4.69) is 23.3 Å². The lowest BCUT2D eigenvalue weighted by molar-refractivity contribution is 0.300. The summed E-state index contributed by atoms with van der Waals surface area (Å²) < 4.78 is 5.86. The number of nitriles is 1. The number of nitrogens with zero attached hydrogens (tertiary/aromatic N) is 2. The average Bonchev–Trinajstić information content (AvgIpc) is 2.52. The van der Waals surface area contributed by atoms with Gasteiger partial charge in [-0.1, -0.05) is 19.1 Å². The van der Waals surface area contributed by atoms with E-state index in [0.29, 0.717) is 18.7 Å². The Morgan fingerprint density at radius 3 is 2.62 bits per heavy atom. The minimum absolute atomic E-state index is 0.468. The number of hydrogen-bond donors (Lipinski definition) is 1. The zero-order chi connectivity index (χ0) is 15.1. The highest BCUT2D eigenvalue weighted by atomic mass is 16.5. The van der Waals surface area contributed by atoms with Crippen molar-refractivity contribution >= 4 is 0 Å². The van der Waals surface area contributed by atoms with Crippen molar-refractivity contribution in [2.45, 2.75) is 27.0 Å². The third kappa shape index (κ3) is 4.30. The summed E-state index contributed by atoms with van der Waals surface area (Å²) in [6.45, 7) is 6.09. The van der Waals surface area contributed by atoms with Crippen LogP contribution in [0.2, 0.25) is 0 Å². The van der Waals surface area contributed by atoms with Gasteiger partial charge in [0.15, 0.2) is 0 Å². The van der Waals surface area contributed by atoms with Gasteiger partial charge in [-0.05, 0) is 43.3 Å². The van der Waals surface area contributed by atoms with Crippen LogP contribution in [-0.2, 0) is 13.2 Å². The summed E-state index contributed by atoms with van der Waals surface area (Å²) in [6.07, 6.45) is 0. The smallest absolute Gasteiger partial charge is 0.142 e. The summed E-state index contributed by atoms with van der Waals surface area (Å²) in [5.41, 5.74) is 3.59. The first-order valence-corrected chi connectivity index (χ1v) is 7.02. The largest absolute Gasteiger partial charge is 0.487 e. The molecule has 0 aliphatic heterocycles. The average molecular weight is 281 g/mol. The van der Waals surface area contributed by atoms with Gasteiger partial charge in [0.2, 0.25) is 0 Å². The molecule has 1 heterocycles. The van der Waals surface area contributed by atoms with Crippen molar-refractivity contribution in [1.29, 1.82) is 5.26 Å². The zero-order valence-electron chi connectivity index (χ0n) is 12.4. The summed E-state index contributed by atoms with van der Waals surface area (Å²) in [7, 11) is 0. The van der Waals surface area contributed by atoms with E-state index in [9.17, 15) is 0 Å². The molecular formula is C17H19N3O. The maximum Gasteiger partial charge on any atom is 0.142 e. The molecule has 2 aromatic rings. The number of pyridine rings is 1. The van der Waals surface area contributed by atoms with Crippen LogP contribution >= 0.6 is 0 Å². The lowest BCUT2D eigenvalue weighted by Crippen LogP contribution is -2.14. The van der Waals surface area contributed by atoms with Crippen molar-refractivity contribution < 1.29 is 4.74 Å². The molecule has 0 fully saturated rings. The fourth-order valence-electron chi connectivity index (χ4n) is 1.94. The van der Waals surface area contributed by atoms with Gasteiger partial charge in [0.25, 0.3) is 0 Å². The molecule has 1 aromatic heterocycles. The second-order valence-electron chi connectivity index (χ2n) is 4.78. The van der Waals surface area contributed by atoms with E-state index in [1.807, 2.05) is 31.2 Å². The van der Waals surface area contributed by atoms with E-state index in [-0.39, 0.29) is 0 Å². The van der Waals surface area contributed by atoms with Crippen molar-refractivity contribution in [2.24, 2.45) is 0 Å². The van der Waals surface area contributed by atoms with Crippen molar-refractivity contribution in [3.63, 3.8) is 0 Å². The molecule has 108 valence electrons. The van der Waals surface area contributed by atoms with Gasteiger partial charge in [0.1, 0.15) is 12.4 Å². The van der Waals surface area contributed by atoms with Gasteiger partial charge < -0.3 is 10.1 Å². The molecule has 1 N–H and O–H groups in total. The van der Waals surface area contributed by atoms with Gasteiger partial charge >= 0.3 is 0 Å². The van der Waals surface area contributed by atoms with Crippen LogP contribution in [0, 0.1) is 18.3 Å². The van der Waals surface area contributed by atoms with Crippen molar-refractivity contribution in [1.82, 2.24) is 10.3 Å². The number of rotatable bonds is 6.